The van der Waals surface area contributed by atoms with Crippen molar-refractivity contribution in [3.63, 3.8) is 0 Å². The number of benzene rings is 1. The van der Waals surface area contributed by atoms with Crippen molar-refractivity contribution in [2.75, 3.05) is 26.3 Å². The van der Waals surface area contributed by atoms with Gasteiger partial charge in [0.25, 0.3) is 0 Å². The summed E-state index contributed by atoms with van der Waals surface area (Å²) in [6.45, 7) is 2.77. The zero-order chi connectivity index (χ0) is 15.9. The van der Waals surface area contributed by atoms with E-state index in [0.717, 1.165) is 30.8 Å². The van der Waals surface area contributed by atoms with Gasteiger partial charge in [0, 0.05) is 31.7 Å². The molecule has 2 heterocycles. The zero-order valence-electron chi connectivity index (χ0n) is 13.1. The molecule has 23 heavy (non-hydrogen) atoms. The van der Waals surface area contributed by atoms with E-state index in [2.05, 4.69) is 15.7 Å². The smallest absolute Gasteiger partial charge is 0.221 e. The summed E-state index contributed by atoms with van der Waals surface area (Å²) in [6, 6.07) is 10.1. The first-order chi connectivity index (χ1) is 11.3. The largest absolute Gasteiger partial charge is 0.378 e. The Bertz CT molecular complexity index is 621. The first kappa shape index (κ1) is 15.7. The number of para-hydroxylation sites is 1. The van der Waals surface area contributed by atoms with Crippen LogP contribution in [0.2, 0.25) is 0 Å². The highest BCUT2D eigenvalue weighted by molar-refractivity contribution is 5.76. The molecule has 0 aliphatic carbocycles. The minimum Gasteiger partial charge on any atom is -0.378 e. The number of rotatable bonds is 6. The molecule has 6 nitrogen and oxygen atoms in total. The van der Waals surface area contributed by atoms with Gasteiger partial charge >= 0.3 is 0 Å². The summed E-state index contributed by atoms with van der Waals surface area (Å²) in [7, 11) is 0. The van der Waals surface area contributed by atoms with E-state index in [0.29, 0.717) is 19.6 Å². The van der Waals surface area contributed by atoms with E-state index in [1.54, 1.807) is 0 Å². The van der Waals surface area contributed by atoms with E-state index in [1.807, 2.05) is 47.4 Å². The molecule has 2 N–H and O–H groups in total. The predicted octanol–water partition coefficient (Wildman–Crippen LogP) is 0.910. The summed E-state index contributed by atoms with van der Waals surface area (Å²) < 4.78 is 7.20. The average molecular weight is 314 g/mol. The van der Waals surface area contributed by atoms with Crippen molar-refractivity contribution in [2.45, 2.75) is 18.9 Å². The maximum absolute atomic E-state index is 11.9. The fourth-order valence-electron chi connectivity index (χ4n) is 2.60. The van der Waals surface area contributed by atoms with Crippen LogP contribution in [0.25, 0.3) is 5.69 Å². The summed E-state index contributed by atoms with van der Waals surface area (Å²) in [5.74, 6) is 0.0588. The maximum atomic E-state index is 11.9. The van der Waals surface area contributed by atoms with E-state index in [4.69, 9.17) is 4.74 Å². The second kappa shape index (κ2) is 7.89. The van der Waals surface area contributed by atoms with Crippen LogP contribution >= 0.6 is 0 Å². The highest BCUT2D eigenvalue weighted by Crippen LogP contribution is 2.07. The van der Waals surface area contributed by atoms with Crippen LogP contribution in [0.5, 0.6) is 0 Å². The van der Waals surface area contributed by atoms with Gasteiger partial charge in [-0.3, -0.25) is 4.79 Å². The molecule has 1 aliphatic heterocycles. The molecule has 1 aromatic heterocycles. The van der Waals surface area contributed by atoms with Gasteiger partial charge in [0.05, 0.1) is 25.1 Å². The lowest BCUT2D eigenvalue weighted by atomic mass is 10.2. The zero-order valence-corrected chi connectivity index (χ0v) is 13.1. The minimum atomic E-state index is 0.0588. The van der Waals surface area contributed by atoms with E-state index in [9.17, 15) is 4.79 Å². The fraction of sp³-hybridized carbons (Fsp3) is 0.412. The van der Waals surface area contributed by atoms with Crippen LogP contribution in [0.3, 0.4) is 0 Å². The standard InChI is InChI=1S/C17H22N4O2/c22-17(10-15-13-23-9-8-18-15)19-7-6-14-11-20-21(12-14)16-4-2-1-3-5-16/h1-5,11-12,15,18H,6-10,13H2,(H,19,22). The Morgan fingerprint density at radius 2 is 2.26 bits per heavy atom. The average Bonchev–Trinajstić information content (AvgIpc) is 3.05. The Labute approximate surface area is 135 Å². The molecule has 1 fully saturated rings. The molecule has 1 saturated heterocycles. The summed E-state index contributed by atoms with van der Waals surface area (Å²) in [5.41, 5.74) is 2.14. The Morgan fingerprint density at radius 1 is 1.39 bits per heavy atom. The number of hydrogen-bond donors (Lipinski definition) is 2. The Balaban J connectivity index is 1.42. The van der Waals surface area contributed by atoms with Gasteiger partial charge in [-0.05, 0) is 24.1 Å². The molecule has 1 aromatic carbocycles. The Hall–Kier alpha value is -2.18. The molecule has 0 spiro atoms. The van der Waals surface area contributed by atoms with Crippen molar-refractivity contribution in [2.24, 2.45) is 0 Å². The van der Waals surface area contributed by atoms with Gasteiger partial charge in [-0.25, -0.2) is 4.68 Å². The number of nitrogens with zero attached hydrogens (tertiary/aromatic N) is 2. The number of morpholine rings is 1. The second-order valence-electron chi connectivity index (χ2n) is 5.66. The lowest BCUT2D eigenvalue weighted by molar-refractivity contribution is -0.122. The van der Waals surface area contributed by atoms with E-state index in [1.165, 1.54) is 0 Å². The number of nitrogens with one attached hydrogen (secondary N) is 2. The number of carbonyl (C=O) groups excluding carboxylic acids is 1. The summed E-state index contributed by atoms with van der Waals surface area (Å²) >= 11 is 0. The molecule has 1 unspecified atom stereocenters. The Morgan fingerprint density at radius 3 is 3.04 bits per heavy atom. The summed E-state index contributed by atoms with van der Waals surface area (Å²) in [5, 5.41) is 10.6. The first-order valence-corrected chi connectivity index (χ1v) is 7.98. The van der Waals surface area contributed by atoms with Crippen molar-refractivity contribution in [1.29, 1.82) is 0 Å². The summed E-state index contributed by atoms with van der Waals surface area (Å²) in [6.07, 6.45) is 5.07. The van der Waals surface area contributed by atoms with Crippen molar-refractivity contribution in [3.05, 3.63) is 48.3 Å². The highest BCUT2D eigenvalue weighted by Gasteiger charge is 2.16. The minimum absolute atomic E-state index is 0.0588. The number of aromatic nitrogens is 2. The van der Waals surface area contributed by atoms with Gasteiger partial charge in [-0.2, -0.15) is 5.10 Å². The van der Waals surface area contributed by atoms with Crippen LogP contribution in [0.4, 0.5) is 0 Å². The third kappa shape index (κ3) is 4.64. The molecule has 6 heteroatoms. The molecule has 0 radical (unpaired) electrons. The van der Waals surface area contributed by atoms with E-state index >= 15 is 0 Å². The molecule has 122 valence electrons. The molecule has 2 aromatic rings. The topological polar surface area (TPSA) is 68.2 Å². The SMILES string of the molecule is O=C(CC1COCCN1)NCCc1cnn(-c2ccccc2)c1. The molecule has 3 rings (SSSR count). The van der Waals surface area contributed by atoms with Gasteiger partial charge in [-0.15, -0.1) is 0 Å². The maximum Gasteiger partial charge on any atom is 0.221 e. The van der Waals surface area contributed by atoms with Gasteiger partial charge in [0.1, 0.15) is 0 Å². The van der Waals surface area contributed by atoms with Crippen LogP contribution in [-0.2, 0) is 16.0 Å². The predicted molar refractivity (Wildman–Crippen MR) is 87.5 cm³/mol. The van der Waals surface area contributed by atoms with Crippen LogP contribution in [0.15, 0.2) is 42.7 Å². The van der Waals surface area contributed by atoms with Crippen molar-refractivity contribution in [1.82, 2.24) is 20.4 Å². The molecule has 0 saturated carbocycles. The third-order valence-electron chi connectivity index (χ3n) is 3.82. The first-order valence-electron chi connectivity index (χ1n) is 7.98. The van der Waals surface area contributed by atoms with Crippen LogP contribution in [0.1, 0.15) is 12.0 Å². The van der Waals surface area contributed by atoms with Crippen molar-refractivity contribution >= 4 is 5.91 Å². The second-order valence-corrected chi connectivity index (χ2v) is 5.66. The molecule has 1 aliphatic rings. The van der Waals surface area contributed by atoms with Gasteiger partial charge in [0.15, 0.2) is 0 Å². The monoisotopic (exact) mass is 314 g/mol. The fourth-order valence-corrected chi connectivity index (χ4v) is 2.60. The van der Waals surface area contributed by atoms with Gasteiger partial charge < -0.3 is 15.4 Å². The van der Waals surface area contributed by atoms with Crippen molar-refractivity contribution in [3.8, 4) is 5.69 Å². The molecular formula is C17H22N4O2. The number of hydrogen-bond acceptors (Lipinski definition) is 4. The lowest BCUT2D eigenvalue weighted by Crippen LogP contribution is -2.44. The van der Waals surface area contributed by atoms with Crippen LogP contribution in [-0.4, -0.2) is 48.0 Å². The Kier molecular flexibility index (Phi) is 5.39. The quantitative estimate of drug-likeness (QED) is 0.832. The normalized spacial score (nSPS) is 17.8. The van der Waals surface area contributed by atoms with E-state index < -0.39 is 0 Å². The third-order valence-corrected chi connectivity index (χ3v) is 3.82. The molecular weight excluding hydrogens is 292 g/mol. The van der Waals surface area contributed by atoms with Gasteiger partial charge in [-0.1, -0.05) is 18.2 Å². The van der Waals surface area contributed by atoms with Crippen LogP contribution in [0, 0.1) is 0 Å². The number of carbonyl (C=O) groups is 1. The molecule has 0 bridgehead atoms. The van der Waals surface area contributed by atoms with E-state index in [-0.39, 0.29) is 11.9 Å². The number of ether oxygens (including phenoxy) is 1. The van der Waals surface area contributed by atoms with Gasteiger partial charge in [0.2, 0.25) is 5.91 Å². The van der Waals surface area contributed by atoms with Crippen LogP contribution < -0.4 is 10.6 Å². The summed E-state index contributed by atoms with van der Waals surface area (Å²) in [4.78, 5) is 11.9. The lowest BCUT2D eigenvalue weighted by Gasteiger charge is -2.23. The molecule has 1 atom stereocenters. The molecule has 1 amide bonds. The highest BCUT2D eigenvalue weighted by atomic mass is 16.5. The number of amides is 1. The van der Waals surface area contributed by atoms with Crippen molar-refractivity contribution < 1.29 is 9.53 Å².